The Morgan fingerprint density at radius 2 is 1.64 bits per heavy atom. The highest BCUT2D eigenvalue weighted by atomic mass is 16.2. The van der Waals surface area contributed by atoms with Gasteiger partial charge in [0.1, 0.15) is 0 Å². The largest absolute Gasteiger partial charge is 0.349 e. The first kappa shape index (κ1) is 19.8. The number of aromatic nitrogens is 2. The van der Waals surface area contributed by atoms with E-state index in [-0.39, 0.29) is 23.2 Å². The van der Waals surface area contributed by atoms with E-state index in [1.807, 2.05) is 38.4 Å². The van der Waals surface area contributed by atoms with Crippen LogP contribution < -0.4 is 10.9 Å². The molecule has 0 aliphatic heterocycles. The summed E-state index contributed by atoms with van der Waals surface area (Å²) in [6.07, 6.45) is 0. The fraction of sp³-hybridized carbons (Fsp3) is 0.318. The summed E-state index contributed by atoms with van der Waals surface area (Å²) < 4.78 is 1.29. The van der Waals surface area contributed by atoms with Gasteiger partial charge in [-0.05, 0) is 38.2 Å². The molecule has 6 nitrogen and oxygen atoms in total. The van der Waals surface area contributed by atoms with Gasteiger partial charge in [-0.1, -0.05) is 50.2 Å². The highest BCUT2D eigenvalue weighted by Crippen LogP contribution is 2.15. The first-order chi connectivity index (χ1) is 13.4. The molecule has 1 unspecified atom stereocenters. The van der Waals surface area contributed by atoms with E-state index in [1.165, 1.54) is 4.68 Å². The molecule has 0 saturated heterocycles. The Bertz CT molecular complexity index is 1020. The van der Waals surface area contributed by atoms with Crippen LogP contribution in [0.5, 0.6) is 0 Å². The number of nitrogens with zero attached hydrogens (tertiary/aromatic N) is 3. The third-order valence-corrected chi connectivity index (χ3v) is 4.93. The molecule has 1 aromatic heterocycles. The molecule has 0 aliphatic carbocycles. The number of rotatable bonds is 6. The molecular formula is C22H26N4O2. The van der Waals surface area contributed by atoms with Gasteiger partial charge in [-0.3, -0.25) is 9.59 Å². The summed E-state index contributed by atoms with van der Waals surface area (Å²) in [7, 11) is 4.00. The lowest BCUT2D eigenvalue weighted by molar-refractivity contribution is 0.0930. The molecular weight excluding hydrogens is 352 g/mol. The lowest BCUT2D eigenvalue weighted by Gasteiger charge is -2.28. The Hall–Kier alpha value is -2.99. The van der Waals surface area contributed by atoms with E-state index in [1.54, 1.807) is 30.3 Å². The number of nitrogens with one attached hydrogen (secondary N) is 1. The van der Waals surface area contributed by atoms with E-state index < -0.39 is 0 Å². The van der Waals surface area contributed by atoms with Crippen molar-refractivity contribution >= 4 is 16.7 Å². The van der Waals surface area contributed by atoms with Gasteiger partial charge < -0.3 is 10.2 Å². The second-order valence-electron chi connectivity index (χ2n) is 7.43. The molecule has 0 aliphatic rings. The Kier molecular flexibility index (Phi) is 5.90. The van der Waals surface area contributed by atoms with Crippen LogP contribution in [0.25, 0.3) is 16.5 Å². The van der Waals surface area contributed by atoms with Gasteiger partial charge in [-0.25, -0.2) is 0 Å². The zero-order chi connectivity index (χ0) is 20.3. The van der Waals surface area contributed by atoms with Crippen LogP contribution in [0.2, 0.25) is 0 Å². The standard InChI is InChI=1S/C22H26N4O2/c1-15(2)19(25(3)4)14-23-21(27)20-17-12-8-9-13-18(17)22(28)26(24-20)16-10-6-5-7-11-16/h5-13,15,19H,14H2,1-4H3,(H,23,27). The van der Waals surface area contributed by atoms with Gasteiger partial charge in [0.2, 0.25) is 0 Å². The minimum Gasteiger partial charge on any atom is -0.349 e. The van der Waals surface area contributed by atoms with Crippen molar-refractivity contribution in [1.29, 1.82) is 0 Å². The highest BCUT2D eigenvalue weighted by Gasteiger charge is 2.20. The van der Waals surface area contributed by atoms with Gasteiger partial charge in [-0.15, -0.1) is 0 Å². The minimum atomic E-state index is -0.284. The van der Waals surface area contributed by atoms with Gasteiger partial charge in [0.25, 0.3) is 11.5 Å². The summed E-state index contributed by atoms with van der Waals surface area (Å²) in [5.74, 6) is 0.103. The maximum absolute atomic E-state index is 13.0. The summed E-state index contributed by atoms with van der Waals surface area (Å²) in [5, 5.41) is 8.44. The van der Waals surface area contributed by atoms with Crippen molar-refractivity contribution < 1.29 is 4.79 Å². The first-order valence-corrected chi connectivity index (χ1v) is 9.42. The average molecular weight is 378 g/mol. The molecule has 1 amide bonds. The third kappa shape index (κ3) is 3.97. The summed E-state index contributed by atoms with van der Waals surface area (Å²) >= 11 is 0. The van der Waals surface area contributed by atoms with Crippen LogP contribution in [0, 0.1) is 5.92 Å². The first-order valence-electron chi connectivity index (χ1n) is 9.42. The van der Waals surface area contributed by atoms with Crippen LogP contribution in [-0.2, 0) is 0 Å². The molecule has 0 saturated carbocycles. The molecule has 1 atom stereocenters. The van der Waals surface area contributed by atoms with E-state index in [0.717, 1.165) is 0 Å². The van der Waals surface area contributed by atoms with Gasteiger partial charge in [0, 0.05) is 18.0 Å². The van der Waals surface area contributed by atoms with E-state index >= 15 is 0 Å². The number of fused-ring (bicyclic) bond motifs is 1. The van der Waals surface area contributed by atoms with Crippen molar-refractivity contribution in [3.05, 3.63) is 70.6 Å². The molecule has 0 fully saturated rings. The van der Waals surface area contributed by atoms with Crippen LogP contribution in [0.1, 0.15) is 24.3 Å². The number of likely N-dealkylation sites (N-methyl/N-ethyl adjacent to an activating group) is 1. The van der Waals surface area contributed by atoms with Crippen LogP contribution in [-0.4, -0.2) is 47.3 Å². The van der Waals surface area contributed by atoms with Gasteiger partial charge in [-0.2, -0.15) is 9.78 Å². The fourth-order valence-electron chi connectivity index (χ4n) is 3.40. The van der Waals surface area contributed by atoms with Crippen LogP contribution in [0.4, 0.5) is 0 Å². The number of hydrogen-bond acceptors (Lipinski definition) is 4. The molecule has 3 aromatic rings. The smallest absolute Gasteiger partial charge is 0.279 e. The van der Waals surface area contributed by atoms with E-state index in [2.05, 4.69) is 29.2 Å². The zero-order valence-corrected chi connectivity index (χ0v) is 16.7. The van der Waals surface area contributed by atoms with Gasteiger partial charge in [0.15, 0.2) is 5.69 Å². The lowest BCUT2D eigenvalue weighted by atomic mass is 10.0. The zero-order valence-electron chi connectivity index (χ0n) is 16.7. The molecule has 28 heavy (non-hydrogen) atoms. The monoisotopic (exact) mass is 378 g/mol. The Morgan fingerprint density at radius 3 is 2.25 bits per heavy atom. The number of carbonyl (C=O) groups is 1. The second kappa shape index (κ2) is 8.35. The van der Waals surface area contributed by atoms with Crippen LogP contribution in [0.15, 0.2) is 59.4 Å². The van der Waals surface area contributed by atoms with Crippen LogP contribution >= 0.6 is 0 Å². The Morgan fingerprint density at radius 1 is 1.04 bits per heavy atom. The quantitative estimate of drug-likeness (QED) is 0.716. The van der Waals surface area contributed by atoms with Crippen molar-refractivity contribution in [1.82, 2.24) is 20.0 Å². The lowest BCUT2D eigenvalue weighted by Crippen LogP contribution is -2.43. The predicted molar refractivity (Wildman–Crippen MR) is 112 cm³/mol. The van der Waals surface area contributed by atoms with Gasteiger partial charge in [0.05, 0.1) is 11.1 Å². The van der Waals surface area contributed by atoms with E-state index in [9.17, 15) is 9.59 Å². The number of amides is 1. The molecule has 6 heteroatoms. The molecule has 1 heterocycles. The van der Waals surface area contributed by atoms with E-state index in [4.69, 9.17) is 0 Å². The summed E-state index contributed by atoms with van der Waals surface area (Å²) in [6, 6.07) is 16.4. The third-order valence-electron chi connectivity index (χ3n) is 4.93. The summed E-state index contributed by atoms with van der Waals surface area (Å²) in [6.45, 7) is 4.75. The number of carbonyl (C=O) groups excluding carboxylic acids is 1. The maximum Gasteiger partial charge on any atom is 0.279 e. The molecule has 146 valence electrons. The van der Waals surface area contributed by atoms with Crippen molar-refractivity contribution in [3.8, 4) is 5.69 Å². The maximum atomic E-state index is 13.0. The summed E-state index contributed by atoms with van der Waals surface area (Å²) in [5.41, 5.74) is 0.632. The SMILES string of the molecule is CC(C)C(CNC(=O)c1nn(-c2ccccc2)c(=O)c2ccccc12)N(C)C. The second-order valence-corrected chi connectivity index (χ2v) is 7.43. The Labute approximate surface area is 164 Å². The topological polar surface area (TPSA) is 67.2 Å². The number of benzene rings is 2. The van der Waals surface area contributed by atoms with Crippen molar-refractivity contribution in [2.45, 2.75) is 19.9 Å². The average Bonchev–Trinajstić information content (AvgIpc) is 2.68. The molecule has 0 bridgehead atoms. The van der Waals surface area contributed by atoms with Crippen LogP contribution in [0.3, 0.4) is 0 Å². The van der Waals surface area contributed by atoms with Gasteiger partial charge >= 0.3 is 0 Å². The minimum absolute atomic E-state index is 0.204. The molecule has 2 aromatic carbocycles. The molecule has 0 radical (unpaired) electrons. The number of para-hydroxylation sites is 1. The highest BCUT2D eigenvalue weighted by molar-refractivity contribution is 6.04. The van der Waals surface area contributed by atoms with Crippen molar-refractivity contribution in [2.75, 3.05) is 20.6 Å². The van der Waals surface area contributed by atoms with E-state index in [0.29, 0.717) is 28.9 Å². The van der Waals surface area contributed by atoms with Crippen molar-refractivity contribution in [3.63, 3.8) is 0 Å². The fourth-order valence-corrected chi connectivity index (χ4v) is 3.40. The Balaban J connectivity index is 2.04. The molecule has 3 rings (SSSR count). The predicted octanol–water partition coefficient (Wildman–Crippen LogP) is 2.70. The molecule has 1 N–H and O–H groups in total. The summed E-state index contributed by atoms with van der Waals surface area (Å²) in [4.78, 5) is 28.0. The normalized spacial score (nSPS) is 12.5. The molecule has 0 spiro atoms. The van der Waals surface area contributed by atoms with Crippen molar-refractivity contribution in [2.24, 2.45) is 5.92 Å². The number of hydrogen-bond donors (Lipinski definition) is 1.